The van der Waals surface area contributed by atoms with E-state index in [1.165, 1.54) is 18.6 Å². The normalized spacial score (nSPS) is 18.8. The summed E-state index contributed by atoms with van der Waals surface area (Å²) in [6.45, 7) is 4.53. The quantitative estimate of drug-likeness (QED) is 0.839. The van der Waals surface area contributed by atoms with Gasteiger partial charge in [0.2, 0.25) is 5.91 Å². The zero-order valence-electron chi connectivity index (χ0n) is 12.2. The van der Waals surface area contributed by atoms with E-state index in [4.69, 9.17) is 0 Å². The maximum absolute atomic E-state index is 12.8. The minimum atomic E-state index is -0.269. The van der Waals surface area contributed by atoms with Gasteiger partial charge in [-0.1, -0.05) is 12.1 Å². The van der Waals surface area contributed by atoms with Gasteiger partial charge in [-0.3, -0.25) is 4.79 Å². The number of benzene rings is 1. The molecule has 1 saturated heterocycles. The van der Waals surface area contributed by atoms with Crippen molar-refractivity contribution in [3.63, 3.8) is 0 Å². The van der Waals surface area contributed by atoms with Crippen molar-refractivity contribution in [2.75, 3.05) is 19.6 Å². The first-order chi connectivity index (χ1) is 9.65. The zero-order chi connectivity index (χ0) is 14.4. The van der Waals surface area contributed by atoms with Gasteiger partial charge in [0, 0.05) is 12.1 Å². The summed E-state index contributed by atoms with van der Waals surface area (Å²) in [4.78, 5) is 12.0. The maximum atomic E-state index is 12.8. The highest BCUT2D eigenvalue weighted by Gasteiger charge is 2.14. The molecule has 1 aliphatic heterocycles. The molecular formula is C16H22ClFN2O. The molecule has 2 rings (SSSR count). The van der Waals surface area contributed by atoms with Gasteiger partial charge in [0.05, 0.1) is 0 Å². The standard InChI is InChI=1S/C16H21FN2O.ClH/c1-12(9-13-4-6-15(17)7-5-13)16(20)19-11-14-3-2-8-18-10-14;/h4-7,9,14,18H,2-3,8,10-11H2,1H3,(H,19,20);1H/b12-9+;. The van der Waals surface area contributed by atoms with Gasteiger partial charge in [-0.2, -0.15) is 0 Å². The Morgan fingerprint density at radius 3 is 2.76 bits per heavy atom. The fourth-order valence-electron chi connectivity index (χ4n) is 2.35. The molecule has 1 aliphatic rings. The zero-order valence-corrected chi connectivity index (χ0v) is 13.0. The molecule has 2 N–H and O–H groups in total. The molecule has 0 bridgehead atoms. The number of carbonyl (C=O) groups is 1. The maximum Gasteiger partial charge on any atom is 0.246 e. The second kappa shape index (κ2) is 8.80. The Hall–Kier alpha value is -1.39. The Labute approximate surface area is 131 Å². The summed E-state index contributed by atoms with van der Waals surface area (Å²) in [6, 6.07) is 6.11. The molecule has 5 heteroatoms. The molecule has 21 heavy (non-hydrogen) atoms. The summed E-state index contributed by atoms with van der Waals surface area (Å²) in [5, 5.41) is 6.29. The molecular weight excluding hydrogens is 291 g/mol. The van der Waals surface area contributed by atoms with Crippen LogP contribution in [-0.4, -0.2) is 25.5 Å². The van der Waals surface area contributed by atoms with Crippen LogP contribution in [0.3, 0.4) is 0 Å². The number of carbonyl (C=O) groups excluding carboxylic acids is 1. The third-order valence-corrected chi connectivity index (χ3v) is 3.56. The number of nitrogens with one attached hydrogen (secondary N) is 2. The third kappa shape index (κ3) is 5.86. The van der Waals surface area contributed by atoms with Crippen molar-refractivity contribution in [3.05, 3.63) is 41.2 Å². The molecule has 0 aromatic heterocycles. The van der Waals surface area contributed by atoms with Gasteiger partial charge in [-0.25, -0.2) is 4.39 Å². The van der Waals surface area contributed by atoms with Crippen LogP contribution in [-0.2, 0) is 4.79 Å². The van der Waals surface area contributed by atoms with Gasteiger partial charge >= 0.3 is 0 Å². The summed E-state index contributed by atoms with van der Waals surface area (Å²) in [5.74, 6) is 0.195. The topological polar surface area (TPSA) is 41.1 Å². The Kier molecular flexibility index (Phi) is 7.40. The monoisotopic (exact) mass is 312 g/mol. The van der Waals surface area contributed by atoms with Crippen molar-refractivity contribution in [2.24, 2.45) is 5.92 Å². The molecule has 1 fully saturated rings. The Bertz CT molecular complexity index is 482. The van der Waals surface area contributed by atoms with Crippen LogP contribution in [0.1, 0.15) is 25.3 Å². The van der Waals surface area contributed by atoms with Crippen molar-refractivity contribution >= 4 is 24.4 Å². The van der Waals surface area contributed by atoms with Gasteiger partial charge in [-0.05, 0) is 62.5 Å². The molecule has 1 aromatic carbocycles. The molecule has 1 unspecified atom stereocenters. The molecule has 1 atom stereocenters. The molecule has 0 radical (unpaired) electrons. The SMILES string of the molecule is C/C(=C\c1ccc(F)cc1)C(=O)NCC1CCCNC1.Cl. The second-order valence-electron chi connectivity index (χ2n) is 5.30. The summed E-state index contributed by atoms with van der Waals surface area (Å²) < 4.78 is 12.8. The highest BCUT2D eigenvalue weighted by Crippen LogP contribution is 2.10. The average Bonchev–Trinajstić information content (AvgIpc) is 2.48. The number of halogens is 2. The lowest BCUT2D eigenvalue weighted by molar-refractivity contribution is -0.117. The third-order valence-electron chi connectivity index (χ3n) is 3.56. The van der Waals surface area contributed by atoms with E-state index in [-0.39, 0.29) is 24.1 Å². The van der Waals surface area contributed by atoms with E-state index in [1.807, 2.05) is 0 Å². The van der Waals surface area contributed by atoms with Crippen LogP contribution in [0.15, 0.2) is 29.8 Å². The summed E-state index contributed by atoms with van der Waals surface area (Å²) in [5.41, 5.74) is 1.47. The van der Waals surface area contributed by atoms with Crippen LogP contribution in [0.4, 0.5) is 4.39 Å². The van der Waals surface area contributed by atoms with Crippen LogP contribution in [0.5, 0.6) is 0 Å². The van der Waals surface area contributed by atoms with Crippen molar-refractivity contribution in [3.8, 4) is 0 Å². The summed E-state index contributed by atoms with van der Waals surface area (Å²) in [7, 11) is 0. The van der Waals surface area contributed by atoms with Gasteiger partial charge in [0.25, 0.3) is 0 Å². The van der Waals surface area contributed by atoms with E-state index in [2.05, 4.69) is 10.6 Å². The minimum Gasteiger partial charge on any atom is -0.352 e. The number of rotatable bonds is 4. The van der Waals surface area contributed by atoms with Crippen LogP contribution in [0.25, 0.3) is 6.08 Å². The molecule has 1 amide bonds. The highest BCUT2D eigenvalue weighted by atomic mass is 35.5. The fraction of sp³-hybridized carbons (Fsp3) is 0.438. The van der Waals surface area contributed by atoms with E-state index < -0.39 is 0 Å². The van der Waals surface area contributed by atoms with E-state index >= 15 is 0 Å². The first kappa shape index (κ1) is 17.7. The Balaban J connectivity index is 0.00000220. The predicted octanol–water partition coefficient (Wildman–Crippen LogP) is 2.77. The lowest BCUT2D eigenvalue weighted by Gasteiger charge is -2.22. The first-order valence-electron chi connectivity index (χ1n) is 7.08. The molecule has 3 nitrogen and oxygen atoms in total. The number of hydrogen-bond acceptors (Lipinski definition) is 2. The van der Waals surface area contributed by atoms with Crippen LogP contribution >= 0.6 is 12.4 Å². The average molecular weight is 313 g/mol. The Morgan fingerprint density at radius 2 is 2.14 bits per heavy atom. The van der Waals surface area contributed by atoms with E-state index in [0.29, 0.717) is 18.0 Å². The molecule has 0 saturated carbocycles. The van der Waals surface area contributed by atoms with Crippen LogP contribution in [0.2, 0.25) is 0 Å². The highest BCUT2D eigenvalue weighted by molar-refractivity contribution is 5.97. The van der Waals surface area contributed by atoms with Crippen LogP contribution in [0, 0.1) is 11.7 Å². The first-order valence-corrected chi connectivity index (χ1v) is 7.08. The molecule has 1 aromatic rings. The number of hydrogen-bond donors (Lipinski definition) is 2. The molecule has 116 valence electrons. The molecule has 0 spiro atoms. The number of amides is 1. The smallest absolute Gasteiger partial charge is 0.246 e. The van der Waals surface area contributed by atoms with Gasteiger partial charge in [0.15, 0.2) is 0 Å². The lowest BCUT2D eigenvalue weighted by Crippen LogP contribution is -2.38. The Morgan fingerprint density at radius 1 is 1.43 bits per heavy atom. The van der Waals surface area contributed by atoms with E-state index in [1.54, 1.807) is 25.1 Å². The molecule has 0 aliphatic carbocycles. The van der Waals surface area contributed by atoms with E-state index in [0.717, 1.165) is 25.1 Å². The van der Waals surface area contributed by atoms with Crippen molar-refractivity contribution < 1.29 is 9.18 Å². The predicted molar refractivity (Wildman–Crippen MR) is 85.9 cm³/mol. The second-order valence-corrected chi connectivity index (χ2v) is 5.30. The minimum absolute atomic E-state index is 0. The molecule has 1 heterocycles. The van der Waals surface area contributed by atoms with Crippen molar-refractivity contribution in [1.29, 1.82) is 0 Å². The van der Waals surface area contributed by atoms with Crippen molar-refractivity contribution in [2.45, 2.75) is 19.8 Å². The fourth-order valence-corrected chi connectivity index (χ4v) is 2.35. The lowest BCUT2D eigenvalue weighted by atomic mass is 9.99. The van der Waals surface area contributed by atoms with Crippen molar-refractivity contribution in [1.82, 2.24) is 10.6 Å². The number of piperidine rings is 1. The summed E-state index contributed by atoms with van der Waals surface area (Å²) >= 11 is 0. The van der Waals surface area contributed by atoms with Crippen LogP contribution < -0.4 is 10.6 Å². The summed E-state index contributed by atoms with van der Waals surface area (Å²) in [6.07, 6.45) is 4.10. The van der Waals surface area contributed by atoms with Gasteiger partial charge in [0.1, 0.15) is 5.82 Å². The van der Waals surface area contributed by atoms with Gasteiger partial charge in [-0.15, -0.1) is 12.4 Å². The van der Waals surface area contributed by atoms with E-state index in [9.17, 15) is 9.18 Å². The van der Waals surface area contributed by atoms with Gasteiger partial charge < -0.3 is 10.6 Å². The largest absolute Gasteiger partial charge is 0.352 e.